The molecule has 5 nitrogen and oxygen atoms in total. The molecule has 2 aromatic rings. The number of para-hydroxylation sites is 1. The molecule has 0 aliphatic carbocycles. The Balaban J connectivity index is 0.00000312. The zero-order valence-corrected chi connectivity index (χ0v) is 17.3. The molecule has 0 radical (unpaired) electrons. The van der Waals surface area contributed by atoms with Crippen LogP contribution in [-0.4, -0.2) is 38.1 Å². The summed E-state index contributed by atoms with van der Waals surface area (Å²) >= 11 is 0. The summed E-state index contributed by atoms with van der Waals surface area (Å²) in [6, 6.07) is 8.40. The average Bonchev–Trinajstić information content (AvgIpc) is 2.87. The van der Waals surface area contributed by atoms with Gasteiger partial charge in [0.15, 0.2) is 17.5 Å². The monoisotopic (exact) mass is 461 g/mol. The van der Waals surface area contributed by atoms with Gasteiger partial charge in [0.1, 0.15) is 18.1 Å². The summed E-state index contributed by atoms with van der Waals surface area (Å²) in [5, 5.41) is 3.29. The van der Waals surface area contributed by atoms with Crippen LogP contribution in [0.1, 0.15) is 17.1 Å². The Morgan fingerprint density at radius 2 is 2.04 bits per heavy atom. The van der Waals surface area contributed by atoms with Crippen LogP contribution in [0.3, 0.4) is 0 Å². The van der Waals surface area contributed by atoms with Gasteiger partial charge in [0.05, 0.1) is 6.54 Å². The van der Waals surface area contributed by atoms with Crippen molar-refractivity contribution in [3.63, 3.8) is 0 Å². The molecule has 1 heterocycles. The number of aliphatic imine (C=N–C) groups is 1. The van der Waals surface area contributed by atoms with Gasteiger partial charge in [-0.15, -0.1) is 24.0 Å². The Kier molecular flexibility index (Phi) is 8.74. The summed E-state index contributed by atoms with van der Waals surface area (Å²) in [6.07, 6.45) is 0. The van der Waals surface area contributed by atoms with Crippen LogP contribution in [0, 0.1) is 19.7 Å². The zero-order chi connectivity index (χ0) is 17.5. The SMILES string of the molecule is CN=C(NCc1cc(C)oc1C)N(C)CCOc1ccccc1F.I. The lowest BCUT2D eigenvalue weighted by atomic mass is 10.2. The summed E-state index contributed by atoms with van der Waals surface area (Å²) in [5.41, 5.74) is 1.10. The highest BCUT2D eigenvalue weighted by Gasteiger charge is 2.09. The van der Waals surface area contributed by atoms with E-state index in [4.69, 9.17) is 9.15 Å². The molecule has 0 fully saturated rings. The minimum Gasteiger partial charge on any atom is -0.489 e. The molecular weight excluding hydrogens is 436 g/mol. The minimum absolute atomic E-state index is 0. The predicted octanol–water partition coefficient (Wildman–Crippen LogP) is 3.74. The molecule has 7 heteroatoms. The van der Waals surface area contributed by atoms with E-state index >= 15 is 0 Å². The second-order valence-corrected chi connectivity index (χ2v) is 5.54. The van der Waals surface area contributed by atoms with Gasteiger partial charge in [-0.05, 0) is 32.0 Å². The Bertz CT molecular complexity index is 703. The van der Waals surface area contributed by atoms with Gasteiger partial charge in [-0.1, -0.05) is 12.1 Å². The molecule has 0 aliphatic rings. The molecule has 1 N–H and O–H groups in total. The van der Waals surface area contributed by atoms with Crippen LogP contribution in [-0.2, 0) is 6.54 Å². The number of rotatable bonds is 6. The number of nitrogens with one attached hydrogen (secondary N) is 1. The van der Waals surface area contributed by atoms with Crippen LogP contribution in [0.5, 0.6) is 5.75 Å². The number of aryl methyl sites for hydroxylation is 2. The fraction of sp³-hybridized carbons (Fsp3) is 0.389. The van der Waals surface area contributed by atoms with E-state index in [9.17, 15) is 4.39 Å². The van der Waals surface area contributed by atoms with E-state index < -0.39 is 0 Å². The molecule has 0 bridgehead atoms. The van der Waals surface area contributed by atoms with Crippen LogP contribution in [0.25, 0.3) is 0 Å². The molecule has 25 heavy (non-hydrogen) atoms. The van der Waals surface area contributed by atoms with Gasteiger partial charge >= 0.3 is 0 Å². The van der Waals surface area contributed by atoms with Gasteiger partial charge in [0.2, 0.25) is 0 Å². The first-order chi connectivity index (χ1) is 11.5. The number of furan rings is 1. The maximum Gasteiger partial charge on any atom is 0.193 e. The quantitative estimate of drug-likeness (QED) is 0.405. The molecule has 1 aromatic carbocycles. The zero-order valence-electron chi connectivity index (χ0n) is 15.0. The smallest absolute Gasteiger partial charge is 0.193 e. The topological polar surface area (TPSA) is 50.0 Å². The standard InChI is InChI=1S/C18H24FN3O2.HI/c1-13-11-15(14(2)24-13)12-21-18(20-3)22(4)9-10-23-17-8-6-5-7-16(17)19;/h5-8,11H,9-10,12H2,1-4H3,(H,20,21);1H. The number of benzene rings is 1. The van der Waals surface area contributed by atoms with Crippen LogP contribution >= 0.6 is 24.0 Å². The van der Waals surface area contributed by atoms with Gasteiger partial charge in [-0.25, -0.2) is 4.39 Å². The van der Waals surface area contributed by atoms with E-state index in [1.54, 1.807) is 25.2 Å². The lowest BCUT2D eigenvalue weighted by Gasteiger charge is -2.22. The second kappa shape index (κ2) is 10.3. The molecular formula is C18H25FIN3O2. The Labute approximate surface area is 165 Å². The van der Waals surface area contributed by atoms with Crippen LogP contribution in [0.4, 0.5) is 4.39 Å². The number of hydrogen-bond donors (Lipinski definition) is 1. The third kappa shape index (κ3) is 6.22. The van der Waals surface area contributed by atoms with Crippen molar-refractivity contribution in [1.29, 1.82) is 0 Å². The second-order valence-electron chi connectivity index (χ2n) is 5.54. The van der Waals surface area contributed by atoms with Crippen molar-refractivity contribution in [2.75, 3.05) is 27.2 Å². The van der Waals surface area contributed by atoms with Crippen molar-refractivity contribution in [3.8, 4) is 5.75 Å². The van der Waals surface area contributed by atoms with Gasteiger partial charge in [0, 0.05) is 26.2 Å². The van der Waals surface area contributed by atoms with Crippen molar-refractivity contribution in [2.45, 2.75) is 20.4 Å². The van der Waals surface area contributed by atoms with Crippen LogP contribution in [0.15, 0.2) is 39.7 Å². The van der Waals surface area contributed by atoms with Gasteiger partial charge in [-0.2, -0.15) is 0 Å². The Morgan fingerprint density at radius 1 is 1.32 bits per heavy atom. The van der Waals surface area contributed by atoms with Crippen LogP contribution in [0.2, 0.25) is 0 Å². The molecule has 0 unspecified atom stereocenters. The van der Waals surface area contributed by atoms with E-state index in [2.05, 4.69) is 10.3 Å². The molecule has 0 spiro atoms. The number of likely N-dealkylation sites (N-methyl/N-ethyl adjacent to an activating group) is 1. The maximum atomic E-state index is 13.5. The number of hydrogen-bond acceptors (Lipinski definition) is 3. The fourth-order valence-corrected chi connectivity index (χ4v) is 2.38. The first-order valence-corrected chi connectivity index (χ1v) is 7.86. The molecule has 0 aliphatic heterocycles. The third-order valence-electron chi connectivity index (χ3n) is 3.68. The highest BCUT2D eigenvalue weighted by atomic mass is 127. The van der Waals surface area contributed by atoms with E-state index in [0.29, 0.717) is 19.7 Å². The number of ether oxygens (including phenoxy) is 1. The van der Waals surface area contributed by atoms with Crippen molar-refractivity contribution in [3.05, 3.63) is 53.2 Å². The van der Waals surface area contributed by atoms with Crippen molar-refractivity contribution in [2.24, 2.45) is 4.99 Å². The van der Waals surface area contributed by atoms with E-state index in [0.717, 1.165) is 23.0 Å². The molecule has 0 saturated carbocycles. The first kappa shape index (κ1) is 21.3. The minimum atomic E-state index is -0.353. The van der Waals surface area contributed by atoms with E-state index in [-0.39, 0.29) is 35.5 Å². The first-order valence-electron chi connectivity index (χ1n) is 7.86. The fourth-order valence-electron chi connectivity index (χ4n) is 2.38. The lowest BCUT2D eigenvalue weighted by Crippen LogP contribution is -2.40. The van der Waals surface area contributed by atoms with Gasteiger partial charge in [0.25, 0.3) is 0 Å². The molecule has 1 aromatic heterocycles. The summed E-state index contributed by atoms with van der Waals surface area (Å²) in [5.74, 6) is 2.45. The predicted molar refractivity (Wildman–Crippen MR) is 108 cm³/mol. The van der Waals surface area contributed by atoms with Gasteiger partial charge in [-0.3, -0.25) is 4.99 Å². The Hall–Kier alpha value is -1.77. The molecule has 138 valence electrons. The van der Waals surface area contributed by atoms with Crippen LogP contribution < -0.4 is 10.1 Å². The summed E-state index contributed by atoms with van der Waals surface area (Å²) < 4.78 is 24.5. The highest BCUT2D eigenvalue weighted by Crippen LogP contribution is 2.15. The summed E-state index contributed by atoms with van der Waals surface area (Å²) in [4.78, 5) is 6.19. The average molecular weight is 461 g/mol. The number of guanidine groups is 1. The largest absolute Gasteiger partial charge is 0.489 e. The Morgan fingerprint density at radius 3 is 2.64 bits per heavy atom. The maximum absolute atomic E-state index is 13.5. The normalized spacial score (nSPS) is 11.0. The van der Waals surface area contributed by atoms with E-state index in [1.165, 1.54) is 6.07 Å². The summed E-state index contributed by atoms with van der Waals surface area (Å²) in [7, 11) is 3.64. The molecule has 0 amide bonds. The third-order valence-corrected chi connectivity index (χ3v) is 3.68. The lowest BCUT2D eigenvalue weighted by molar-refractivity contribution is 0.270. The van der Waals surface area contributed by atoms with Crippen molar-refractivity contribution >= 4 is 29.9 Å². The van der Waals surface area contributed by atoms with Crippen molar-refractivity contribution < 1.29 is 13.5 Å². The summed E-state index contributed by atoms with van der Waals surface area (Å²) in [6.45, 7) is 5.45. The highest BCUT2D eigenvalue weighted by molar-refractivity contribution is 14.0. The molecule has 0 atom stereocenters. The number of nitrogens with zero attached hydrogens (tertiary/aromatic N) is 2. The van der Waals surface area contributed by atoms with Crippen molar-refractivity contribution in [1.82, 2.24) is 10.2 Å². The van der Waals surface area contributed by atoms with E-state index in [1.807, 2.05) is 31.9 Å². The number of halogens is 2. The molecule has 0 saturated heterocycles. The van der Waals surface area contributed by atoms with Gasteiger partial charge < -0.3 is 19.4 Å². The molecule has 2 rings (SSSR count).